The van der Waals surface area contributed by atoms with Gasteiger partial charge in [-0.1, -0.05) is 30.3 Å². The van der Waals surface area contributed by atoms with Crippen molar-refractivity contribution in [3.8, 4) is 0 Å². The van der Waals surface area contributed by atoms with E-state index in [1.165, 1.54) is 0 Å². The number of nitrogens with one attached hydrogen (secondary N) is 1. The summed E-state index contributed by atoms with van der Waals surface area (Å²) < 4.78 is 40.1. The molecule has 0 bridgehead atoms. The van der Waals surface area contributed by atoms with Gasteiger partial charge in [0, 0.05) is 12.6 Å². The van der Waals surface area contributed by atoms with Crippen LogP contribution in [-0.4, -0.2) is 25.4 Å². The highest BCUT2D eigenvalue weighted by Crippen LogP contribution is 2.14. The molecule has 0 saturated heterocycles. The van der Waals surface area contributed by atoms with Crippen LogP contribution in [0.1, 0.15) is 12.0 Å². The molecule has 6 heteroatoms. The lowest BCUT2D eigenvalue weighted by Crippen LogP contribution is -2.37. The molecule has 1 aromatic carbocycles. The van der Waals surface area contributed by atoms with Crippen molar-refractivity contribution in [2.24, 2.45) is 5.84 Å². The molecule has 1 rings (SSSR count). The minimum Gasteiger partial charge on any atom is -0.372 e. The summed E-state index contributed by atoms with van der Waals surface area (Å²) in [4.78, 5) is 0. The Morgan fingerprint density at radius 3 is 2.44 bits per heavy atom. The Kier molecular flexibility index (Phi) is 6.11. The van der Waals surface area contributed by atoms with Gasteiger partial charge in [0.2, 0.25) is 0 Å². The SMILES string of the molecule is NNC(CCOCC(F)(F)F)Cc1ccccc1. The molecular formula is C12H17F3N2O. The molecule has 3 N–H and O–H groups in total. The highest BCUT2D eigenvalue weighted by atomic mass is 19.4. The van der Waals surface area contributed by atoms with E-state index in [2.05, 4.69) is 10.2 Å². The van der Waals surface area contributed by atoms with Crippen molar-refractivity contribution in [2.45, 2.75) is 25.1 Å². The van der Waals surface area contributed by atoms with Gasteiger partial charge >= 0.3 is 6.18 Å². The fraction of sp³-hybridized carbons (Fsp3) is 0.500. The molecule has 0 fully saturated rings. The number of halogens is 3. The topological polar surface area (TPSA) is 47.3 Å². The van der Waals surface area contributed by atoms with Crippen LogP contribution in [0.3, 0.4) is 0 Å². The minimum absolute atomic E-state index is 0.0290. The number of hydrogen-bond acceptors (Lipinski definition) is 3. The number of nitrogens with two attached hydrogens (primary N) is 1. The van der Waals surface area contributed by atoms with E-state index in [1.54, 1.807) is 0 Å². The van der Waals surface area contributed by atoms with Crippen LogP contribution >= 0.6 is 0 Å². The summed E-state index contributed by atoms with van der Waals surface area (Å²) >= 11 is 0. The molecule has 0 aromatic heterocycles. The Morgan fingerprint density at radius 2 is 1.89 bits per heavy atom. The summed E-state index contributed by atoms with van der Waals surface area (Å²) in [6, 6.07) is 9.51. The van der Waals surface area contributed by atoms with E-state index in [0.29, 0.717) is 12.8 Å². The first-order valence-electron chi connectivity index (χ1n) is 5.66. The maximum absolute atomic E-state index is 11.8. The lowest BCUT2D eigenvalue weighted by atomic mass is 10.0. The van der Waals surface area contributed by atoms with Crippen LogP contribution in [-0.2, 0) is 11.2 Å². The summed E-state index contributed by atoms with van der Waals surface area (Å²) in [5, 5.41) is 0. The van der Waals surface area contributed by atoms with E-state index in [0.717, 1.165) is 5.56 Å². The predicted octanol–water partition coefficient (Wildman–Crippen LogP) is 2.03. The van der Waals surface area contributed by atoms with E-state index >= 15 is 0 Å². The molecule has 18 heavy (non-hydrogen) atoms. The van der Waals surface area contributed by atoms with Crippen molar-refractivity contribution in [3.05, 3.63) is 35.9 Å². The second-order valence-corrected chi connectivity index (χ2v) is 4.01. The van der Waals surface area contributed by atoms with E-state index in [4.69, 9.17) is 5.84 Å². The van der Waals surface area contributed by atoms with Gasteiger partial charge in [0.15, 0.2) is 0 Å². The second kappa shape index (κ2) is 7.35. The second-order valence-electron chi connectivity index (χ2n) is 4.01. The van der Waals surface area contributed by atoms with Crippen LogP contribution in [0.4, 0.5) is 13.2 Å². The van der Waals surface area contributed by atoms with Crippen LogP contribution in [0.15, 0.2) is 30.3 Å². The lowest BCUT2D eigenvalue weighted by molar-refractivity contribution is -0.174. The van der Waals surface area contributed by atoms with E-state index in [1.807, 2.05) is 30.3 Å². The summed E-state index contributed by atoms with van der Waals surface area (Å²) in [7, 11) is 0. The van der Waals surface area contributed by atoms with Crippen LogP contribution < -0.4 is 11.3 Å². The van der Waals surface area contributed by atoms with Crippen molar-refractivity contribution in [1.29, 1.82) is 0 Å². The van der Waals surface area contributed by atoms with E-state index in [9.17, 15) is 13.2 Å². The summed E-state index contributed by atoms with van der Waals surface area (Å²) in [5.74, 6) is 5.36. The van der Waals surface area contributed by atoms with Crippen molar-refractivity contribution >= 4 is 0 Å². The van der Waals surface area contributed by atoms with Crippen LogP contribution in [0, 0.1) is 0 Å². The average Bonchev–Trinajstić information content (AvgIpc) is 2.33. The molecule has 0 heterocycles. The molecular weight excluding hydrogens is 245 g/mol. The number of rotatable bonds is 7. The molecule has 0 radical (unpaired) electrons. The van der Waals surface area contributed by atoms with Crippen molar-refractivity contribution < 1.29 is 17.9 Å². The molecule has 0 spiro atoms. The molecule has 1 aromatic rings. The van der Waals surface area contributed by atoms with Crippen molar-refractivity contribution in [1.82, 2.24) is 5.43 Å². The summed E-state index contributed by atoms with van der Waals surface area (Å²) in [5.41, 5.74) is 3.67. The molecule has 0 saturated carbocycles. The van der Waals surface area contributed by atoms with Gasteiger partial charge in [-0.05, 0) is 18.4 Å². The molecule has 0 amide bonds. The monoisotopic (exact) mass is 262 g/mol. The van der Waals surface area contributed by atoms with E-state index < -0.39 is 12.8 Å². The third kappa shape index (κ3) is 6.58. The van der Waals surface area contributed by atoms with Gasteiger partial charge in [0.1, 0.15) is 6.61 Å². The highest BCUT2D eigenvalue weighted by Gasteiger charge is 2.27. The number of hydrogen-bond donors (Lipinski definition) is 2. The zero-order valence-corrected chi connectivity index (χ0v) is 9.91. The largest absolute Gasteiger partial charge is 0.411 e. The third-order valence-corrected chi connectivity index (χ3v) is 2.44. The average molecular weight is 262 g/mol. The smallest absolute Gasteiger partial charge is 0.372 e. The Morgan fingerprint density at radius 1 is 1.22 bits per heavy atom. The molecule has 1 unspecified atom stereocenters. The van der Waals surface area contributed by atoms with Crippen molar-refractivity contribution in [3.63, 3.8) is 0 Å². The number of alkyl halides is 3. The van der Waals surface area contributed by atoms with Gasteiger partial charge in [-0.3, -0.25) is 11.3 Å². The number of ether oxygens (including phenoxy) is 1. The van der Waals surface area contributed by atoms with Crippen molar-refractivity contribution in [2.75, 3.05) is 13.2 Å². The third-order valence-electron chi connectivity index (χ3n) is 2.44. The first-order valence-corrected chi connectivity index (χ1v) is 5.66. The van der Waals surface area contributed by atoms with E-state index in [-0.39, 0.29) is 12.6 Å². The molecule has 1 atom stereocenters. The zero-order valence-electron chi connectivity index (χ0n) is 9.91. The van der Waals surface area contributed by atoms with Gasteiger partial charge in [-0.25, -0.2) is 0 Å². The predicted molar refractivity (Wildman–Crippen MR) is 62.7 cm³/mol. The molecule has 0 aliphatic carbocycles. The van der Waals surface area contributed by atoms with Gasteiger partial charge in [0.05, 0.1) is 0 Å². The Labute approximate surface area is 104 Å². The highest BCUT2D eigenvalue weighted by molar-refractivity contribution is 5.15. The lowest BCUT2D eigenvalue weighted by Gasteiger charge is -2.16. The van der Waals surface area contributed by atoms with Gasteiger partial charge in [-0.15, -0.1) is 0 Å². The Hall–Kier alpha value is -1.11. The minimum atomic E-state index is -4.27. The molecule has 0 aliphatic heterocycles. The van der Waals surface area contributed by atoms with Gasteiger partial charge in [0.25, 0.3) is 0 Å². The van der Waals surface area contributed by atoms with Crippen LogP contribution in [0.2, 0.25) is 0 Å². The Balaban J connectivity index is 2.26. The maximum Gasteiger partial charge on any atom is 0.411 e. The van der Waals surface area contributed by atoms with Gasteiger partial charge < -0.3 is 4.74 Å². The number of hydrazine groups is 1. The fourth-order valence-corrected chi connectivity index (χ4v) is 1.56. The standard InChI is InChI=1S/C12H17F3N2O/c13-12(14,15)9-18-7-6-11(17-16)8-10-4-2-1-3-5-10/h1-5,11,17H,6-9,16H2. The van der Waals surface area contributed by atoms with Gasteiger partial charge in [-0.2, -0.15) is 13.2 Å². The van der Waals surface area contributed by atoms with Crippen LogP contribution in [0.5, 0.6) is 0 Å². The quantitative estimate of drug-likeness (QED) is 0.449. The first kappa shape index (κ1) is 14.9. The zero-order chi connectivity index (χ0) is 13.4. The fourth-order valence-electron chi connectivity index (χ4n) is 1.56. The molecule has 3 nitrogen and oxygen atoms in total. The molecule has 0 aliphatic rings. The molecule has 102 valence electrons. The normalized spacial score (nSPS) is 13.6. The first-order chi connectivity index (χ1) is 8.51. The summed E-state index contributed by atoms with van der Waals surface area (Å²) in [6.45, 7) is -1.18. The van der Waals surface area contributed by atoms with Crippen LogP contribution in [0.25, 0.3) is 0 Å². The summed E-state index contributed by atoms with van der Waals surface area (Å²) in [6.07, 6.45) is -3.18. The number of benzene rings is 1. The Bertz CT molecular complexity index is 330. The maximum atomic E-state index is 11.8.